The molecule has 0 aromatic heterocycles. The molecule has 1 rings (SSSR count). The fourth-order valence-corrected chi connectivity index (χ4v) is 2.30. The predicted octanol–water partition coefficient (Wildman–Crippen LogP) is 3.23. The summed E-state index contributed by atoms with van der Waals surface area (Å²) in [6.45, 7) is 8.51. The maximum Gasteiger partial charge on any atom is 0.227 e. The lowest BCUT2D eigenvalue weighted by molar-refractivity contribution is -0.123. The van der Waals surface area contributed by atoms with Crippen LogP contribution in [0, 0.1) is 5.92 Å². The highest BCUT2D eigenvalue weighted by molar-refractivity contribution is 6.30. The molecule has 0 aliphatic carbocycles. The molecular formula is C15H24Cl2N2O. The van der Waals surface area contributed by atoms with Gasteiger partial charge in [0.25, 0.3) is 0 Å². The van der Waals surface area contributed by atoms with Gasteiger partial charge in [0.1, 0.15) is 0 Å². The summed E-state index contributed by atoms with van der Waals surface area (Å²) in [5.74, 6) is 0.146. The Labute approximate surface area is 132 Å². The van der Waals surface area contributed by atoms with Crippen LogP contribution in [-0.4, -0.2) is 25.5 Å². The first kappa shape index (κ1) is 19.2. The van der Waals surface area contributed by atoms with E-state index in [0.717, 1.165) is 18.7 Å². The predicted molar refractivity (Wildman–Crippen MR) is 87.8 cm³/mol. The summed E-state index contributed by atoms with van der Waals surface area (Å²) in [5.41, 5.74) is 0.975. The number of halogens is 2. The molecule has 0 fully saturated rings. The van der Waals surface area contributed by atoms with Crippen LogP contribution in [0.3, 0.4) is 0 Å². The van der Waals surface area contributed by atoms with Crippen molar-refractivity contribution in [2.75, 3.05) is 19.6 Å². The van der Waals surface area contributed by atoms with Gasteiger partial charge in [-0.15, -0.1) is 12.4 Å². The third-order valence-electron chi connectivity index (χ3n) is 3.01. The molecule has 0 bridgehead atoms. The molecule has 1 aromatic rings. The molecule has 1 atom stereocenters. The lowest BCUT2D eigenvalue weighted by atomic mass is 9.87. The Kier molecular flexibility index (Phi) is 9.64. The van der Waals surface area contributed by atoms with E-state index in [-0.39, 0.29) is 30.2 Å². The fraction of sp³-hybridized carbons (Fsp3) is 0.533. The van der Waals surface area contributed by atoms with Gasteiger partial charge in [-0.05, 0) is 30.2 Å². The molecule has 114 valence electrons. The zero-order valence-electron chi connectivity index (χ0n) is 12.3. The smallest absolute Gasteiger partial charge is 0.227 e. The molecule has 1 aromatic carbocycles. The molecule has 0 saturated heterocycles. The number of rotatable bonds is 7. The maximum absolute atomic E-state index is 12.3. The van der Waals surface area contributed by atoms with E-state index < -0.39 is 0 Å². The molecule has 0 spiro atoms. The molecule has 0 saturated carbocycles. The summed E-state index contributed by atoms with van der Waals surface area (Å²) in [7, 11) is 0. The van der Waals surface area contributed by atoms with E-state index in [2.05, 4.69) is 24.5 Å². The molecular weight excluding hydrogens is 295 g/mol. The summed E-state index contributed by atoms with van der Waals surface area (Å²) >= 11 is 6.00. The summed E-state index contributed by atoms with van der Waals surface area (Å²) < 4.78 is 0. The highest BCUT2D eigenvalue weighted by atomic mass is 35.5. The molecule has 20 heavy (non-hydrogen) atoms. The Morgan fingerprint density at radius 3 is 2.55 bits per heavy atom. The van der Waals surface area contributed by atoms with Gasteiger partial charge in [-0.2, -0.15) is 0 Å². The Hall–Kier alpha value is -0.770. The van der Waals surface area contributed by atoms with E-state index >= 15 is 0 Å². The van der Waals surface area contributed by atoms with Crippen LogP contribution in [0.5, 0.6) is 0 Å². The van der Waals surface area contributed by atoms with Crippen molar-refractivity contribution < 1.29 is 4.79 Å². The molecule has 0 heterocycles. The van der Waals surface area contributed by atoms with Crippen LogP contribution in [0.1, 0.15) is 32.3 Å². The van der Waals surface area contributed by atoms with Crippen molar-refractivity contribution in [3.8, 4) is 0 Å². The van der Waals surface area contributed by atoms with Crippen LogP contribution in [-0.2, 0) is 4.79 Å². The molecule has 3 nitrogen and oxygen atoms in total. The minimum atomic E-state index is -0.152. The lowest BCUT2D eigenvalue weighted by Gasteiger charge is -2.21. The number of nitrogens with one attached hydrogen (secondary N) is 2. The van der Waals surface area contributed by atoms with Crippen LogP contribution >= 0.6 is 24.0 Å². The van der Waals surface area contributed by atoms with E-state index in [1.54, 1.807) is 0 Å². The Morgan fingerprint density at radius 1 is 1.30 bits per heavy atom. The Balaban J connectivity index is 0.00000361. The normalized spacial score (nSPS) is 11.8. The molecule has 0 aliphatic heterocycles. The van der Waals surface area contributed by atoms with Crippen LogP contribution in [0.25, 0.3) is 0 Å². The third kappa shape index (κ3) is 6.12. The van der Waals surface area contributed by atoms with Gasteiger partial charge in [-0.25, -0.2) is 0 Å². The number of hydrogen-bond donors (Lipinski definition) is 2. The minimum absolute atomic E-state index is 0. The van der Waals surface area contributed by atoms with Crippen molar-refractivity contribution in [1.82, 2.24) is 10.6 Å². The number of carbonyl (C=O) groups is 1. The van der Waals surface area contributed by atoms with Crippen LogP contribution in [0.4, 0.5) is 0 Å². The zero-order valence-corrected chi connectivity index (χ0v) is 13.9. The van der Waals surface area contributed by atoms with Crippen LogP contribution in [0.2, 0.25) is 5.02 Å². The number of benzene rings is 1. The summed E-state index contributed by atoms with van der Waals surface area (Å²) in [6, 6.07) is 7.54. The monoisotopic (exact) mass is 318 g/mol. The van der Waals surface area contributed by atoms with Crippen molar-refractivity contribution in [3.05, 3.63) is 34.9 Å². The first-order valence-corrected chi connectivity index (χ1v) is 7.18. The number of amides is 1. The second-order valence-corrected chi connectivity index (χ2v) is 5.36. The maximum atomic E-state index is 12.3. The van der Waals surface area contributed by atoms with Gasteiger partial charge < -0.3 is 10.6 Å². The van der Waals surface area contributed by atoms with Gasteiger partial charge >= 0.3 is 0 Å². The minimum Gasteiger partial charge on any atom is -0.354 e. The molecule has 0 aliphatic rings. The van der Waals surface area contributed by atoms with Crippen LogP contribution < -0.4 is 10.6 Å². The second-order valence-electron chi connectivity index (χ2n) is 4.92. The Bertz CT molecular complexity index is 411. The second kappa shape index (κ2) is 10.0. The Morgan fingerprint density at radius 2 is 2.00 bits per heavy atom. The van der Waals surface area contributed by atoms with Crippen molar-refractivity contribution >= 4 is 29.9 Å². The standard InChI is InChI=1S/C15H23ClN2O.ClH/c1-4-17-8-9-18-15(19)14(11(2)3)12-6-5-7-13(16)10-12;/h5-7,10-11,14,17H,4,8-9H2,1-3H3,(H,18,19);1H. The highest BCUT2D eigenvalue weighted by Crippen LogP contribution is 2.26. The average molecular weight is 319 g/mol. The van der Waals surface area contributed by atoms with Crippen molar-refractivity contribution in [1.29, 1.82) is 0 Å². The van der Waals surface area contributed by atoms with E-state index in [1.807, 2.05) is 31.2 Å². The van der Waals surface area contributed by atoms with Gasteiger partial charge in [0.05, 0.1) is 5.92 Å². The van der Waals surface area contributed by atoms with Gasteiger partial charge in [0, 0.05) is 18.1 Å². The quantitative estimate of drug-likeness (QED) is 0.758. The van der Waals surface area contributed by atoms with Gasteiger partial charge in [-0.3, -0.25) is 4.79 Å². The van der Waals surface area contributed by atoms with Crippen LogP contribution in [0.15, 0.2) is 24.3 Å². The summed E-state index contributed by atoms with van der Waals surface area (Å²) in [4.78, 5) is 12.3. The van der Waals surface area contributed by atoms with E-state index in [4.69, 9.17) is 11.6 Å². The first-order chi connectivity index (χ1) is 9.06. The van der Waals surface area contributed by atoms with Gasteiger partial charge in [0.15, 0.2) is 0 Å². The number of carbonyl (C=O) groups excluding carboxylic acids is 1. The molecule has 5 heteroatoms. The SMILES string of the molecule is CCNCCNC(=O)C(c1cccc(Cl)c1)C(C)C.Cl. The molecule has 0 radical (unpaired) electrons. The lowest BCUT2D eigenvalue weighted by Crippen LogP contribution is -2.36. The highest BCUT2D eigenvalue weighted by Gasteiger charge is 2.23. The average Bonchev–Trinajstić information content (AvgIpc) is 2.34. The largest absolute Gasteiger partial charge is 0.354 e. The van der Waals surface area contributed by atoms with Crippen molar-refractivity contribution in [2.24, 2.45) is 5.92 Å². The van der Waals surface area contributed by atoms with Gasteiger partial charge in [-0.1, -0.05) is 44.5 Å². The number of hydrogen-bond acceptors (Lipinski definition) is 2. The van der Waals surface area contributed by atoms with Crippen molar-refractivity contribution in [2.45, 2.75) is 26.7 Å². The topological polar surface area (TPSA) is 41.1 Å². The van der Waals surface area contributed by atoms with E-state index in [1.165, 1.54) is 0 Å². The van der Waals surface area contributed by atoms with E-state index in [9.17, 15) is 4.79 Å². The molecule has 1 unspecified atom stereocenters. The number of likely N-dealkylation sites (N-methyl/N-ethyl adjacent to an activating group) is 1. The summed E-state index contributed by atoms with van der Waals surface area (Å²) in [5, 5.41) is 6.83. The van der Waals surface area contributed by atoms with Gasteiger partial charge in [0.2, 0.25) is 5.91 Å². The summed E-state index contributed by atoms with van der Waals surface area (Å²) in [6.07, 6.45) is 0. The fourth-order valence-electron chi connectivity index (χ4n) is 2.10. The first-order valence-electron chi connectivity index (χ1n) is 6.80. The third-order valence-corrected chi connectivity index (χ3v) is 3.24. The molecule has 1 amide bonds. The zero-order chi connectivity index (χ0) is 14.3. The van der Waals surface area contributed by atoms with Crippen molar-refractivity contribution in [3.63, 3.8) is 0 Å². The molecule has 2 N–H and O–H groups in total. The van der Waals surface area contributed by atoms with E-state index in [0.29, 0.717) is 11.6 Å².